The van der Waals surface area contributed by atoms with Crippen LogP contribution in [-0.2, 0) is 10.1 Å². The highest BCUT2D eigenvalue weighted by Gasteiger charge is 2.34. The van der Waals surface area contributed by atoms with Crippen molar-refractivity contribution in [2.45, 2.75) is 71.2 Å². The zero-order chi connectivity index (χ0) is 14.1. The molecule has 0 heterocycles. The zero-order valence-corrected chi connectivity index (χ0v) is 12.9. The minimum absolute atomic E-state index is 0.230. The summed E-state index contributed by atoms with van der Waals surface area (Å²) in [6.45, 7) is 10.1. The van der Waals surface area contributed by atoms with Gasteiger partial charge in [-0.25, -0.2) is 0 Å². The highest BCUT2D eigenvalue weighted by atomic mass is 32.2. The summed E-state index contributed by atoms with van der Waals surface area (Å²) >= 11 is 0. The van der Waals surface area contributed by atoms with Crippen LogP contribution in [0.3, 0.4) is 0 Å². The van der Waals surface area contributed by atoms with Crippen LogP contribution in [-0.4, -0.2) is 30.3 Å². The van der Waals surface area contributed by atoms with Crippen LogP contribution < -0.4 is 5.32 Å². The van der Waals surface area contributed by atoms with Crippen molar-refractivity contribution in [3.05, 3.63) is 0 Å². The third kappa shape index (κ3) is 4.52. The Morgan fingerprint density at radius 2 is 1.83 bits per heavy atom. The molecule has 18 heavy (non-hydrogen) atoms. The second-order valence-corrected chi connectivity index (χ2v) is 8.56. The van der Waals surface area contributed by atoms with Gasteiger partial charge in [0.05, 0.1) is 5.25 Å². The summed E-state index contributed by atoms with van der Waals surface area (Å²) in [5.74, 6) is 0.652. The van der Waals surface area contributed by atoms with Gasteiger partial charge in [-0.05, 0) is 44.4 Å². The van der Waals surface area contributed by atoms with E-state index >= 15 is 0 Å². The van der Waals surface area contributed by atoms with Gasteiger partial charge in [0.2, 0.25) is 0 Å². The molecule has 1 fully saturated rings. The summed E-state index contributed by atoms with van der Waals surface area (Å²) in [5.41, 5.74) is 0.302. The Bertz CT molecular complexity index is 378. The van der Waals surface area contributed by atoms with Crippen LogP contribution in [0.25, 0.3) is 0 Å². The summed E-state index contributed by atoms with van der Waals surface area (Å²) in [6, 6.07) is 0.106. The third-order valence-corrected chi connectivity index (χ3v) is 5.41. The van der Waals surface area contributed by atoms with E-state index in [1.54, 1.807) is 6.92 Å². The first-order valence-electron chi connectivity index (χ1n) is 6.73. The molecule has 0 radical (unpaired) electrons. The molecule has 108 valence electrons. The van der Waals surface area contributed by atoms with Crippen LogP contribution in [0.5, 0.6) is 0 Å². The third-order valence-electron chi connectivity index (χ3n) is 4.06. The molecule has 1 aliphatic carbocycles. The molecule has 0 amide bonds. The molecule has 0 aromatic rings. The normalized spacial score (nSPS) is 31.9. The average Bonchev–Trinajstić information content (AvgIpc) is 2.11. The van der Waals surface area contributed by atoms with Gasteiger partial charge in [-0.3, -0.25) is 4.55 Å². The Hall–Kier alpha value is -0.130. The Balaban J connectivity index is 2.62. The van der Waals surface area contributed by atoms with Crippen molar-refractivity contribution in [2.24, 2.45) is 11.3 Å². The largest absolute Gasteiger partial charge is 0.310 e. The van der Waals surface area contributed by atoms with E-state index in [-0.39, 0.29) is 6.04 Å². The second-order valence-electron chi connectivity index (χ2n) is 6.79. The van der Waals surface area contributed by atoms with Gasteiger partial charge in [-0.2, -0.15) is 8.42 Å². The van der Waals surface area contributed by atoms with Crippen molar-refractivity contribution in [3.8, 4) is 0 Å². The van der Waals surface area contributed by atoms with Gasteiger partial charge in [0, 0.05) is 12.1 Å². The average molecular weight is 277 g/mol. The fourth-order valence-corrected chi connectivity index (χ4v) is 3.83. The molecule has 1 rings (SSSR count). The zero-order valence-electron chi connectivity index (χ0n) is 12.1. The van der Waals surface area contributed by atoms with E-state index in [1.165, 1.54) is 6.42 Å². The Kier molecular flexibility index (Phi) is 4.84. The Morgan fingerprint density at radius 3 is 2.28 bits per heavy atom. The topological polar surface area (TPSA) is 66.4 Å². The highest BCUT2D eigenvalue weighted by molar-refractivity contribution is 7.86. The molecular weight excluding hydrogens is 250 g/mol. The highest BCUT2D eigenvalue weighted by Crippen LogP contribution is 2.38. The van der Waals surface area contributed by atoms with Crippen molar-refractivity contribution >= 4 is 10.1 Å². The molecular formula is C13H27NO3S. The predicted octanol–water partition coefficient (Wildman–Crippen LogP) is 2.46. The molecule has 0 bridgehead atoms. The monoisotopic (exact) mass is 277 g/mol. The second kappa shape index (κ2) is 5.47. The lowest BCUT2D eigenvalue weighted by atomic mass is 9.70. The molecule has 2 N–H and O–H groups in total. The number of rotatable bonds is 4. The summed E-state index contributed by atoms with van der Waals surface area (Å²) in [7, 11) is -3.96. The van der Waals surface area contributed by atoms with Crippen molar-refractivity contribution in [2.75, 3.05) is 0 Å². The fraction of sp³-hybridized carbons (Fsp3) is 1.00. The van der Waals surface area contributed by atoms with E-state index in [0.29, 0.717) is 17.4 Å². The molecule has 1 saturated carbocycles. The lowest BCUT2D eigenvalue weighted by Crippen LogP contribution is -2.49. The van der Waals surface area contributed by atoms with Gasteiger partial charge in [-0.1, -0.05) is 20.8 Å². The first kappa shape index (κ1) is 15.9. The maximum atomic E-state index is 11.1. The SMILES string of the molecule is CC1CC(NC(C)C(C)S(=O)(=O)O)CC(C)(C)C1. The summed E-state index contributed by atoms with van der Waals surface area (Å²) < 4.78 is 31.3. The lowest BCUT2D eigenvalue weighted by Gasteiger charge is -2.40. The molecule has 0 spiro atoms. The number of hydrogen-bond acceptors (Lipinski definition) is 3. The minimum Gasteiger partial charge on any atom is -0.310 e. The number of hydrogen-bond donors (Lipinski definition) is 2. The van der Waals surface area contributed by atoms with E-state index in [1.807, 2.05) is 6.92 Å². The van der Waals surface area contributed by atoms with E-state index < -0.39 is 15.4 Å². The molecule has 4 atom stereocenters. The van der Waals surface area contributed by atoms with Gasteiger partial charge in [-0.15, -0.1) is 0 Å². The maximum Gasteiger partial charge on any atom is 0.269 e. The predicted molar refractivity (Wildman–Crippen MR) is 74.2 cm³/mol. The van der Waals surface area contributed by atoms with E-state index in [0.717, 1.165) is 12.8 Å². The molecule has 5 heteroatoms. The van der Waals surface area contributed by atoms with E-state index in [9.17, 15) is 8.42 Å². The molecule has 0 aromatic carbocycles. The van der Waals surface area contributed by atoms with Gasteiger partial charge < -0.3 is 5.32 Å². The summed E-state index contributed by atoms with van der Waals surface area (Å²) in [4.78, 5) is 0. The van der Waals surface area contributed by atoms with E-state index in [4.69, 9.17) is 4.55 Å². The molecule has 4 nitrogen and oxygen atoms in total. The smallest absolute Gasteiger partial charge is 0.269 e. The van der Waals surface area contributed by atoms with Crippen LogP contribution in [0.15, 0.2) is 0 Å². The van der Waals surface area contributed by atoms with E-state index in [2.05, 4.69) is 26.1 Å². The van der Waals surface area contributed by atoms with Crippen LogP contribution in [0, 0.1) is 11.3 Å². The first-order chi connectivity index (χ1) is 8.01. The number of nitrogens with one attached hydrogen (secondary N) is 1. The molecule has 0 aliphatic heterocycles. The quantitative estimate of drug-likeness (QED) is 0.775. The molecule has 0 saturated heterocycles. The van der Waals surface area contributed by atoms with Gasteiger partial charge in [0.15, 0.2) is 0 Å². The van der Waals surface area contributed by atoms with Crippen LogP contribution in [0.4, 0.5) is 0 Å². The van der Waals surface area contributed by atoms with Gasteiger partial charge in [0.25, 0.3) is 10.1 Å². The van der Waals surface area contributed by atoms with Crippen LogP contribution in [0.1, 0.15) is 53.9 Å². The molecule has 0 aromatic heterocycles. The Labute approximate surface area is 111 Å². The summed E-state index contributed by atoms with van der Waals surface area (Å²) in [6.07, 6.45) is 3.35. The molecule has 1 aliphatic rings. The van der Waals surface area contributed by atoms with Crippen molar-refractivity contribution < 1.29 is 13.0 Å². The minimum atomic E-state index is -3.96. The maximum absolute atomic E-state index is 11.1. The molecule has 4 unspecified atom stereocenters. The summed E-state index contributed by atoms with van der Waals surface area (Å²) in [5, 5.41) is 2.61. The fourth-order valence-electron chi connectivity index (χ4n) is 3.24. The first-order valence-corrected chi connectivity index (χ1v) is 8.24. The van der Waals surface area contributed by atoms with Crippen molar-refractivity contribution in [3.63, 3.8) is 0 Å². The van der Waals surface area contributed by atoms with Crippen molar-refractivity contribution in [1.82, 2.24) is 5.32 Å². The van der Waals surface area contributed by atoms with Gasteiger partial charge in [0.1, 0.15) is 0 Å². The Morgan fingerprint density at radius 1 is 1.28 bits per heavy atom. The van der Waals surface area contributed by atoms with Crippen molar-refractivity contribution in [1.29, 1.82) is 0 Å². The van der Waals surface area contributed by atoms with Crippen LogP contribution >= 0.6 is 0 Å². The standard InChI is InChI=1S/C13H27NO3S/c1-9-6-12(8-13(4,5)7-9)14-10(2)11(3)18(15,16)17/h9-12,14H,6-8H2,1-5H3,(H,15,16,17). The lowest BCUT2D eigenvalue weighted by molar-refractivity contribution is 0.145. The van der Waals surface area contributed by atoms with Gasteiger partial charge >= 0.3 is 0 Å². The van der Waals surface area contributed by atoms with Crippen LogP contribution in [0.2, 0.25) is 0 Å².